The largest absolute Gasteiger partial charge is 0.468 e. The molecule has 1 aromatic rings. The molecule has 22 heavy (non-hydrogen) atoms. The molecule has 122 valence electrons. The predicted octanol–water partition coefficient (Wildman–Crippen LogP) is 4.10. The van der Waals surface area contributed by atoms with Gasteiger partial charge in [-0.2, -0.15) is 0 Å². The van der Waals surface area contributed by atoms with Crippen LogP contribution in [0.4, 0.5) is 0 Å². The van der Waals surface area contributed by atoms with Crippen molar-refractivity contribution in [3.8, 4) is 0 Å². The van der Waals surface area contributed by atoms with E-state index in [0.717, 1.165) is 0 Å². The van der Waals surface area contributed by atoms with Gasteiger partial charge in [-0.1, -0.05) is 63.4 Å². The molecule has 0 aromatic heterocycles. The van der Waals surface area contributed by atoms with Crippen LogP contribution in [0.3, 0.4) is 0 Å². The van der Waals surface area contributed by atoms with Crippen molar-refractivity contribution in [2.75, 3.05) is 7.11 Å². The first-order chi connectivity index (χ1) is 10.6. The maximum absolute atomic E-state index is 12.1. The number of benzene rings is 1. The van der Waals surface area contributed by atoms with Crippen LogP contribution in [-0.4, -0.2) is 19.1 Å². The topological polar surface area (TPSA) is 38.3 Å². The van der Waals surface area contributed by atoms with Gasteiger partial charge in [0.15, 0.2) is 0 Å². The summed E-state index contributed by atoms with van der Waals surface area (Å²) in [5.74, 6) is 0.649. The number of hydrogen-bond acceptors (Lipinski definition) is 3. The Bertz CT molecular complexity index is 452. The maximum atomic E-state index is 12.1. The van der Waals surface area contributed by atoms with Crippen LogP contribution in [0.1, 0.15) is 57.6 Å². The van der Waals surface area contributed by atoms with Crippen molar-refractivity contribution >= 4 is 5.97 Å². The molecule has 0 unspecified atom stereocenters. The van der Waals surface area contributed by atoms with Crippen LogP contribution in [0.2, 0.25) is 0 Å². The van der Waals surface area contributed by atoms with Crippen molar-refractivity contribution in [3.05, 3.63) is 35.9 Å². The molecule has 0 radical (unpaired) electrons. The summed E-state index contributed by atoms with van der Waals surface area (Å²) < 4.78 is 5.00. The highest BCUT2D eigenvalue weighted by Gasteiger charge is 2.31. The molecule has 0 amide bonds. The number of carbonyl (C=O) groups is 1. The molecule has 1 aliphatic carbocycles. The lowest BCUT2D eigenvalue weighted by Gasteiger charge is -2.34. The summed E-state index contributed by atoms with van der Waals surface area (Å²) in [5.41, 5.74) is 1.28. The van der Waals surface area contributed by atoms with Gasteiger partial charge in [0.2, 0.25) is 0 Å². The zero-order chi connectivity index (χ0) is 15.9. The third-order valence-corrected chi connectivity index (χ3v) is 4.76. The number of esters is 1. The molecule has 1 N–H and O–H groups in total. The van der Waals surface area contributed by atoms with E-state index in [1.165, 1.54) is 44.8 Å². The minimum absolute atomic E-state index is 0.160. The zero-order valence-corrected chi connectivity index (χ0v) is 14.0. The molecule has 0 spiro atoms. The molecule has 3 heteroatoms. The highest BCUT2D eigenvalue weighted by Crippen LogP contribution is 2.35. The number of hydrogen-bond donors (Lipinski definition) is 1. The van der Waals surface area contributed by atoms with Crippen LogP contribution in [0.15, 0.2) is 30.3 Å². The van der Waals surface area contributed by atoms with Crippen LogP contribution in [-0.2, 0) is 9.53 Å². The molecule has 3 nitrogen and oxygen atoms in total. The van der Waals surface area contributed by atoms with Gasteiger partial charge in [-0.25, -0.2) is 0 Å². The average molecular weight is 303 g/mol. The Morgan fingerprint density at radius 2 is 1.77 bits per heavy atom. The molecule has 0 bridgehead atoms. The molecule has 2 rings (SSSR count). The number of carbonyl (C=O) groups excluding carboxylic acids is 1. The van der Waals surface area contributed by atoms with Crippen molar-refractivity contribution < 1.29 is 9.53 Å². The monoisotopic (exact) mass is 303 g/mol. The highest BCUT2D eigenvalue weighted by molar-refractivity contribution is 5.76. The molecule has 1 fully saturated rings. The van der Waals surface area contributed by atoms with E-state index < -0.39 is 0 Å². The van der Waals surface area contributed by atoms with Crippen LogP contribution in [0.5, 0.6) is 0 Å². The summed E-state index contributed by atoms with van der Waals surface area (Å²) in [5, 5.41) is 3.62. The predicted molar refractivity (Wildman–Crippen MR) is 89.5 cm³/mol. The maximum Gasteiger partial charge on any atom is 0.323 e. The van der Waals surface area contributed by atoms with Gasteiger partial charge in [-0.15, -0.1) is 0 Å². The Hall–Kier alpha value is -1.35. The molecule has 1 aliphatic rings. The van der Waals surface area contributed by atoms with Crippen molar-refractivity contribution in [2.24, 2.45) is 11.8 Å². The van der Waals surface area contributed by atoms with E-state index in [1.54, 1.807) is 0 Å². The Morgan fingerprint density at radius 3 is 2.32 bits per heavy atom. The lowest BCUT2D eigenvalue weighted by Crippen LogP contribution is -2.45. The second-order valence-electron chi connectivity index (χ2n) is 6.70. The van der Waals surface area contributed by atoms with Gasteiger partial charge in [-0.3, -0.25) is 10.1 Å². The number of rotatable bonds is 6. The van der Waals surface area contributed by atoms with E-state index in [9.17, 15) is 4.79 Å². The first-order valence-electron chi connectivity index (χ1n) is 8.52. The van der Waals surface area contributed by atoms with Crippen LogP contribution >= 0.6 is 0 Å². The van der Waals surface area contributed by atoms with E-state index in [4.69, 9.17) is 4.74 Å². The number of nitrogens with one attached hydrogen (secondary N) is 1. The second kappa shape index (κ2) is 8.33. The summed E-state index contributed by atoms with van der Waals surface area (Å²) in [6, 6.07) is 10.5. The third-order valence-electron chi connectivity index (χ3n) is 4.76. The number of ether oxygens (including phenoxy) is 1. The van der Waals surface area contributed by atoms with Gasteiger partial charge in [0.1, 0.15) is 6.04 Å². The van der Waals surface area contributed by atoms with Gasteiger partial charge in [0, 0.05) is 6.04 Å². The normalized spacial score (nSPS) is 18.9. The van der Waals surface area contributed by atoms with E-state index >= 15 is 0 Å². The SMILES string of the molecule is COC(=O)[C@@H](N[C@H](c1ccccc1)C1CCCCC1)C(C)C. The van der Waals surface area contributed by atoms with E-state index in [2.05, 4.69) is 43.4 Å². The smallest absolute Gasteiger partial charge is 0.323 e. The molecule has 1 aromatic carbocycles. The Kier molecular flexibility index (Phi) is 6.44. The molecule has 0 aliphatic heterocycles. The van der Waals surface area contributed by atoms with Crippen LogP contribution in [0, 0.1) is 11.8 Å². The van der Waals surface area contributed by atoms with E-state index in [-0.39, 0.29) is 24.0 Å². The van der Waals surface area contributed by atoms with Crippen LogP contribution < -0.4 is 5.32 Å². The Morgan fingerprint density at radius 1 is 1.14 bits per heavy atom. The third kappa shape index (κ3) is 4.33. The first kappa shape index (κ1) is 17.0. The average Bonchev–Trinajstić information content (AvgIpc) is 2.56. The summed E-state index contributed by atoms with van der Waals surface area (Å²) in [6.07, 6.45) is 6.39. The minimum Gasteiger partial charge on any atom is -0.468 e. The van der Waals surface area contributed by atoms with Gasteiger partial charge in [-0.05, 0) is 30.2 Å². The van der Waals surface area contributed by atoms with Gasteiger partial charge >= 0.3 is 5.97 Å². The van der Waals surface area contributed by atoms with Crippen LogP contribution in [0.25, 0.3) is 0 Å². The summed E-state index contributed by atoms with van der Waals surface area (Å²) in [7, 11) is 1.47. The molecule has 2 atom stereocenters. The summed E-state index contributed by atoms with van der Waals surface area (Å²) in [6.45, 7) is 4.13. The molecular formula is C19H29NO2. The lowest BCUT2D eigenvalue weighted by molar-refractivity contribution is -0.144. The lowest BCUT2D eigenvalue weighted by atomic mass is 9.80. The van der Waals surface area contributed by atoms with E-state index in [1.807, 2.05) is 6.07 Å². The quantitative estimate of drug-likeness (QED) is 0.804. The highest BCUT2D eigenvalue weighted by atomic mass is 16.5. The Labute approximate surface area is 134 Å². The van der Waals surface area contributed by atoms with Gasteiger partial charge in [0.25, 0.3) is 0 Å². The summed E-state index contributed by atoms with van der Waals surface area (Å²) in [4.78, 5) is 12.1. The van der Waals surface area contributed by atoms with Crippen molar-refractivity contribution in [2.45, 2.75) is 58.0 Å². The van der Waals surface area contributed by atoms with E-state index in [0.29, 0.717) is 5.92 Å². The zero-order valence-electron chi connectivity index (χ0n) is 14.0. The van der Waals surface area contributed by atoms with Crippen molar-refractivity contribution in [1.82, 2.24) is 5.32 Å². The first-order valence-corrected chi connectivity index (χ1v) is 8.52. The fourth-order valence-electron chi connectivity index (χ4n) is 3.49. The Balaban J connectivity index is 2.21. The van der Waals surface area contributed by atoms with Gasteiger partial charge < -0.3 is 4.74 Å². The fourth-order valence-corrected chi connectivity index (χ4v) is 3.49. The number of methoxy groups -OCH3 is 1. The van der Waals surface area contributed by atoms with Crippen molar-refractivity contribution in [3.63, 3.8) is 0 Å². The fraction of sp³-hybridized carbons (Fsp3) is 0.632. The van der Waals surface area contributed by atoms with Gasteiger partial charge in [0.05, 0.1) is 7.11 Å². The molecule has 0 heterocycles. The standard InChI is InChI=1S/C19H29NO2/c1-14(2)17(19(21)22-3)20-18(15-10-6-4-7-11-15)16-12-8-5-9-13-16/h4,6-7,10-11,14,16-18,20H,5,8-9,12-13H2,1-3H3/t17-,18+/m0/s1. The molecule has 0 saturated heterocycles. The molecule has 1 saturated carbocycles. The van der Waals surface area contributed by atoms with Crippen molar-refractivity contribution in [1.29, 1.82) is 0 Å². The summed E-state index contributed by atoms with van der Waals surface area (Å²) >= 11 is 0. The molecular weight excluding hydrogens is 274 g/mol. The minimum atomic E-state index is -0.253. The second-order valence-corrected chi connectivity index (χ2v) is 6.70.